The first-order chi connectivity index (χ1) is 13.7. The summed E-state index contributed by atoms with van der Waals surface area (Å²) in [6, 6.07) is 8.71. The quantitative estimate of drug-likeness (QED) is 0.524. The van der Waals surface area contributed by atoms with E-state index in [0.29, 0.717) is 13.2 Å². The summed E-state index contributed by atoms with van der Waals surface area (Å²) in [5.41, 5.74) is 3.25. The van der Waals surface area contributed by atoms with Crippen molar-refractivity contribution in [2.24, 2.45) is 0 Å². The summed E-state index contributed by atoms with van der Waals surface area (Å²) in [5, 5.41) is 0.280. The molecule has 0 saturated heterocycles. The van der Waals surface area contributed by atoms with Crippen molar-refractivity contribution in [3.05, 3.63) is 83.5 Å². The fourth-order valence-corrected chi connectivity index (χ4v) is 4.45. The Morgan fingerprint density at radius 1 is 1.07 bits per heavy atom. The average molecular weight is 400 g/mol. The van der Waals surface area contributed by atoms with Crippen molar-refractivity contribution >= 4 is 11.8 Å². The topological polar surface area (TPSA) is 31.4 Å². The molecule has 3 rings (SSSR count). The maximum atomic E-state index is 13.3. The van der Waals surface area contributed by atoms with Gasteiger partial charge in [0.05, 0.1) is 12.3 Å². The average Bonchev–Trinajstić information content (AvgIpc) is 2.72. The third-order valence-electron chi connectivity index (χ3n) is 4.76. The SMILES string of the molecule is COCCCOc1ccnc(CSC2C=CC=CC2c2ccc(F)cc2)c1C. The van der Waals surface area contributed by atoms with Crippen molar-refractivity contribution in [3.63, 3.8) is 0 Å². The second-order valence-electron chi connectivity index (χ2n) is 6.70. The van der Waals surface area contributed by atoms with Gasteiger partial charge in [-0.2, -0.15) is 0 Å². The molecule has 0 N–H and O–H groups in total. The Morgan fingerprint density at radius 3 is 2.64 bits per heavy atom. The number of benzene rings is 1. The Kier molecular flexibility index (Phi) is 7.69. The molecule has 1 aromatic carbocycles. The number of allylic oxidation sites excluding steroid dienone is 3. The summed E-state index contributed by atoms with van der Waals surface area (Å²) >= 11 is 1.84. The number of pyridine rings is 1. The fourth-order valence-electron chi connectivity index (χ4n) is 3.15. The maximum Gasteiger partial charge on any atom is 0.125 e. The lowest BCUT2D eigenvalue weighted by atomic mass is 9.92. The molecule has 0 aliphatic heterocycles. The Hall–Kier alpha value is -2.11. The van der Waals surface area contributed by atoms with Gasteiger partial charge in [-0.3, -0.25) is 4.98 Å². The van der Waals surface area contributed by atoms with Crippen LogP contribution in [0.25, 0.3) is 0 Å². The molecule has 0 fully saturated rings. The van der Waals surface area contributed by atoms with Gasteiger partial charge in [0.1, 0.15) is 11.6 Å². The Balaban J connectivity index is 1.64. The van der Waals surface area contributed by atoms with E-state index >= 15 is 0 Å². The zero-order valence-corrected chi connectivity index (χ0v) is 17.1. The van der Waals surface area contributed by atoms with E-state index in [4.69, 9.17) is 9.47 Å². The highest BCUT2D eigenvalue weighted by molar-refractivity contribution is 7.99. The van der Waals surface area contributed by atoms with Gasteiger partial charge in [0.25, 0.3) is 0 Å². The number of hydrogen-bond acceptors (Lipinski definition) is 4. The summed E-state index contributed by atoms with van der Waals surface area (Å²) in [5.74, 6) is 1.70. The Morgan fingerprint density at radius 2 is 1.86 bits per heavy atom. The lowest BCUT2D eigenvalue weighted by Crippen LogP contribution is -2.14. The second-order valence-corrected chi connectivity index (χ2v) is 7.86. The van der Waals surface area contributed by atoms with Crippen LogP contribution in [0.4, 0.5) is 4.39 Å². The number of nitrogens with zero attached hydrogens (tertiary/aromatic N) is 1. The zero-order chi connectivity index (χ0) is 19.8. The molecule has 1 aliphatic rings. The van der Waals surface area contributed by atoms with Crippen LogP contribution in [0.2, 0.25) is 0 Å². The fraction of sp³-hybridized carbons (Fsp3) is 0.348. The summed E-state index contributed by atoms with van der Waals surface area (Å²) in [6.07, 6.45) is 11.2. The first kappa shape index (κ1) is 20.6. The van der Waals surface area contributed by atoms with Crippen LogP contribution in [0.15, 0.2) is 60.8 Å². The number of halogens is 1. The smallest absolute Gasteiger partial charge is 0.125 e. The van der Waals surface area contributed by atoms with E-state index in [1.54, 1.807) is 7.11 Å². The van der Waals surface area contributed by atoms with Crippen LogP contribution in [-0.2, 0) is 10.5 Å². The van der Waals surface area contributed by atoms with E-state index < -0.39 is 0 Å². The van der Waals surface area contributed by atoms with Crippen molar-refractivity contribution in [2.75, 3.05) is 20.3 Å². The molecule has 148 valence electrons. The highest BCUT2D eigenvalue weighted by Crippen LogP contribution is 2.36. The number of methoxy groups -OCH3 is 1. The molecule has 5 heteroatoms. The minimum atomic E-state index is -0.203. The lowest BCUT2D eigenvalue weighted by Gasteiger charge is -2.24. The molecule has 1 heterocycles. The van der Waals surface area contributed by atoms with E-state index in [9.17, 15) is 4.39 Å². The molecule has 0 spiro atoms. The number of rotatable bonds is 9. The minimum Gasteiger partial charge on any atom is -0.493 e. The summed E-state index contributed by atoms with van der Waals surface area (Å²) < 4.78 is 24.2. The van der Waals surface area contributed by atoms with Crippen molar-refractivity contribution in [1.82, 2.24) is 4.98 Å². The molecule has 0 saturated carbocycles. The summed E-state index contributed by atoms with van der Waals surface area (Å²) in [4.78, 5) is 4.56. The molecule has 3 nitrogen and oxygen atoms in total. The molecule has 2 atom stereocenters. The minimum absolute atomic E-state index is 0.203. The van der Waals surface area contributed by atoms with Crippen LogP contribution in [0, 0.1) is 12.7 Å². The van der Waals surface area contributed by atoms with E-state index in [1.807, 2.05) is 36.2 Å². The summed E-state index contributed by atoms with van der Waals surface area (Å²) in [6.45, 7) is 3.38. The predicted molar refractivity (Wildman–Crippen MR) is 113 cm³/mol. The molecule has 0 bridgehead atoms. The lowest BCUT2D eigenvalue weighted by molar-refractivity contribution is 0.172. The van der Waals surface area contributed by atoms with Crippen molar-refractivity contribution in [1.29, 1.82) is 0 Å². The second kappa shape index (κ2) is 10.4. The van der Waals surface area contributed by atoms with Crippen molar-refractivity contribution in [2.45, 2.75) is 30.3 Å². The van der Waals surface area contributed by atoms with Gasteiger partial charge in [0.2, 0.25) is 0 Å². The van der Waals surface area contributed by atoms with Crippen LogP contribution >= 0.6 is 11.8 Å². The van der Waals surface area contributed by atoms with Gasteiger partial charge in [0, 0.05) is 48.8 Å². The van der Waals surface area contributed by atoms with E-state index in [0.717, 1.165) is 34.7 Å². The molecule has 0 radical (unpaired) electrons. The normalized spacial score (nSPS) is 18.4. The van der Waals surface area contributed by atoms with E-state index in [1.165, 1.54) is 12.1 Å². The molecule has 1 aromatic heterocycles. The molecule has 2 aromatic rings. The van der Waals surface area contributed by atoms with Gasteiger partial charge in [-0.05, 0) is 30.7 Å². The van der Waals surface area contributed by atoms with Crippen molar-refractivity contribution < 1.29 is 13.9 Å². The first-order valence-electron chi connectivity index (χ1n) is 9.47. The Labute approximate surface area is 170 Å². The van der Waals surface area contributed by atoms with E-state index in [-0.39, 0.29) is 17.0 Å². The molecular formula is C23H26FNO2S. The molecular weight excluding hydrogens is 373 g/mol. The van der Waals surface area contributed by atoms with Gasteiger partial charge in [0.15, 0.2) is 0 Å². The van der Waals surface area contributed by atoms with Crippen LogP contribution in [0.5, 0.6) is 5.75 Å². The maximum absolute atomic E-state index is 13.3. The number of aromatic nitrogens is 1. The van der Waals surface area contributed by atoms with Crippen LogP contribution < -0.4 is 4.74 Å². The van der Waals surface area contributed by atoms with Gasteiger partial charge < -0.3 is 9.47 Å². The van der Waals surface area contributed by atoms with Gasteiger partial charge in [-0.25, -0.2) is 4.39 Å². The molecule has 0 amide bonds. The van der Waals surface area contributed by atoms with Crippen LogP contribution in [-0.4, -0.2) is 30.6 Å². The van der Waals surface area contributed by atoms with Crippen molar-refractivity contribution in [3.8, 4) is 5.75 Å². The standard InChI is InChI=1S/C23H26FNO2S/c1-17-21(25-13-12-22(17)27-15-5-14-26-2)16-28-23-7-4-3-6-20(23)18-8-10-19(24)11-9-18/h3-4,6-13,20,23H,5,14-16H2,1-2H3. The number of ether oxygens (including phenoxy) is 2. The first-order valence-corrected chi connectivity index (χ1v) is 10.5. The third kappa shape index (κ3) is 5.46. The van der Waals surface area contributed by atoms with Crippen LogP contribution in [0.3, 0.4) is 0 Å². The van der Waals surface area contributed by atoms with E-state index in [2.05, 4.69) is 36.2 Å². The monoisotopic (exact) mass is 399 g/mol. The van der Waals surface area contributed by atoms with Gasteiger partial charge in [-0.1, -0.05) is 36.4 Å². The number of thioether (sulfide) groups is 1. The predicted octanol–water partition coefficient (Wildman–Crippen LogP) is 5.46. The largest absolute Gasteiger partial charge is 0.493 e. The van der Waals surface area contributed by atoms with Gasteiger partial charge >= 0.3 is 0 Å². The highest BCUT2D eigenvalue weighted by Gasteiger charge is 2.21. The zero-order valence-electron chi connectivity index (χ0n) is 16.3. The highest BCUT2D eigenvalue weighted by atomic mass is 32.2. The molecule has 1 aliphatic carbocycles. The summed E-state index contributed by atoms with van der Waals surface area (Å²) in [7, 11) is 1.70. The molecule has 2 unspecified atom stereocenters. The third-order valence-corrected chi connectivity index (χ3v) is 6.04. The Bertz CT molecular complexity index is 820. The van der Waals surface area contributed by atoms with Crippen LogP contribution in [0.1, 0.15) is 29.2 Å². The number of hydrogen-bond donors (Lipinski definition) is 0. The molecule has 28 heavy (non-hydrogen) atoms. The van der Waals surface area contributed by atoms with Gasteiger partial charge in [-0.15, -0.1) is 11.8 Å².